The molecule has 0 radical (unpaired) electrons. The van der Waals surface area contributed by atoms with Crippen LogP contribution in [0.25, 0.3) is 0 Å². The Hall–Kier alpha value is -0.570. The Kier molecular flexibility index (Phi) is 2.28. The third-order valence-electron chi connectivity index (χ3n) is 2.78. The zero-order valence-corrected chi connectivity index (χ0v) is 9.26. The number of nitrogen functional groups attached to an aromatic ring is 1. The van der Waals surface area contributed by atoms with E-state index in [0.29, 0.717) is 5.82 Å². The van der Waals surface area contributed by atoms with Gasteiger partial charge in [-0.1, -0.05) is 6.42 Å². The Morgan fingerprint density at radius 2 is 2.23 bits per heavy atom. The second-order valence-electron chi connectivity index (χ2n) is 3.66. The molecule has 1 aliphatic rings. The van der Waals surface area contributed by atoms with Crippen LogP contribution in [0, 0.1) is 6.92 Å². The van der Waals surface area contributed by atoms with Crippen LogP contribution in [0.1, 0.15) is 36.4 Å². The number of aromatic nitrogens is 1. The van der Waals surface area contributed by atoms with Gasteiger partial charge >= 0.3 is 0 Å². The summed E-state index contributed by atoms with van der Waals surface area (Å²) >= 11 is 3.41. The number of aryl methyl sites for hydroxylation is 1. The number of nitrogens with two attached hydrogens (primary N) is 1. The maximum absolute atomic E-state index is 5.69. The van der Waals surface area contributed by atoms with Crippen LogP contribution < -0.4 is 5.73 Å². The summed E-state index contributed by atoms with van der Waals surface area (Å²) in [7, 11) is 0. The van der Waals surface area contributed by atoms with Crippen LogP contribution in [0.15, 0.2) is 10.5 Å². The summed E-state index contributed by atoms with van der Waals surface area (Å²) in [5.74, 6) is 1.32. The van der Waals surface area contributed by atoms with Crippen molar-refractivity contribution in [3.63, 3.8) is 0 Å². The number of hydrogen-bond donors (Lipinski definition) is 1. The quantitative estimate of drug-likeness (QED) is 0.820. The number of hydrogen-bond acceptors (Lipinski definition) is 2. The van der Waals surface area contributed by atoms with Crippen LogP contribution in [-0.4, -0.2) is 4.98 Å². The van der Waals surface area contributed by atoms with Crippen molar-refractivity contribution < 1.29 is 0 Å². The lowest BCUT2D eigenvalue weighted by molar-refractivity contribution is 0.417. The first-order valence-electron chi connectivity index (χ1n) is 4.61. The van der Waals surface area contributed by atoms with E-state index in [-0.39, 0.29) is 0 Å². The molecule has 2 nitrogen and oxygen atoms in total. The highest BCUT2D eigenvalue weighted by Crippen LogP contribution is 2.39. The van der Waals surface area contributed by atoms with Crippen LogP contribution in [0.5, 0.6) is 0 Å². The van der Waals surface area contributed by atoms with E-state index < -0.39 is 0 Å². The molecule has 2 rings (SSSR count). The number of rotatable bonds is 1. The fourth-order valence-corrected chi connectivity index (χ4v) is 2.08. The molecule has 70 valence electrons. The molecule has 0 aromatic carbocycles. The smallest absolute Gasteiger partial charge is 0.138 e. The second-order valence-corrected chi connectivity index (χ2v) is 4.51. The van der Waals surface area contributed by atoms with Gasteiger partial charge in [-0.05, 0) is 53.2 Å². The zero-order chi connectivity index (χ0) is 9.42. The molecule has 1 aromatic rings. The zero-order valence-electron chi connectivity index (χ0n) is 7.68. The minimum Gasteiger partial charge on any atom is -0.383 e. The molecule has 1 fully saturated rings. The summed E-state index contributed by atoms with van der Waals surface area (Å²) < 4.78 is 0.931. The number of nitrogens with zero attached hydrogens (tertiary/aromatic N) is 1. The summed E-state index contributed by atoms with van der Waals surface area (Å²) in [5, 5.41) is 0. The molecule has 3 heteroatoms. The largest absolute Gasteiger partial charge is 0.383 e. The van der Waals surface area contributed by atoms with Gasteiger partial charge in [-0.25, -0.2) is 4.98 Å². The molecule has 0 spiro atoms. The standard InChI is InChI=1S/C10H13BrN2/c1-6-8(7-3-2-4-7)5-9(11)10(12)13-6/h5,7H,2-4H2,1H3,(H2,12,13). The molecule has 1 heterocycles. The molecule has 0 saturated heterocycles. The summed E-state index contributed by atoms with van der Waals surface area (Å²) in [4.78, 5) is 4.31. The van der Waals surface area contributed by atoms with Crippen LogP contribution in [0.2, 0.25) is 0 Å². The maximum atomic E-state index is 5.69. The van der Waals surface area contributed by atoms with E-state index in [2.05, 4.69) is 27.0 Å². The normalized spacial score (nSPS) is 17.1. The highest BCUT2D eigenvalue weighted by atomic mass is 79.9. The average Bonchev–Trinajstić information content (AvgIpc) is 1.96. The number of halogens is 1. The van der Waals surface area contributed by atoms with Gasteiger partial charge in [0.15, 0.2) is 0 Å². The predicted octanol–water partition coefficient (Wildman–Crippen LogP) is 3.00. The van der Waals surface area contributed by atoms with Crippen LogP contribution in [0.3, 0.4) is 0 Å². The molecule has 0 unspecified atom stereocenters. The van der Waals surface area contributed by atoms with Gasteiger partial charge in [0.2, 0.25) is 0 Å². The lowest BCUT2D eigenvalue weighted by Crippen LogP contribution is -2.11. The van der Waals surface area contributed by atoms with E-state index in [0.717, 1.165) is 16.1 Å². The molecule has 1 aliphatic carbocycles. The lowest BCUT2D eigenvalue weighted by atomic mass is 9.79. The molecule has 1 aromatic heterocycles. The Balaban J connectivity index is 2.39. The van der Waals surface area contributed by atoms with Crippen molar-refractivity contribution in [1.29, 1.82) is 0 Å². The van der Waals surface area contributed by atoms with E-state index in [1.807, 2.05) is 6.92 Å². The molecular formula is C10H13BrN2. The molecule has 0 amide bonds. The second kappa shape index (κ2) is 3.29. The predicted molar refractivity (Wildman–Crippen MR) is 57.7 cm³/mol. The van der Waals surface area contributed by atoms with Crippen molar-refractivity contribution in [2.45, 2.75) is 32.1 Å². The monoisotopic (exact) mass is 240 g/mol. The van der Waals surface area contributed by atoms with Crippen molar-refractivity contribution in [3.05, 3.63) is 21.8 Å². The Morgan fingerprint density at radius 3 is 2.77 bits per heavy atom. The van der Waals surface area contributed by atoms with Gasteiger partial charge < -0.3 is 5.73 Å². The lowest BCUT2D eigenvalue weighted by Gasteiger charge is -2.27. The molecule has 2 N–H and O–H groups in total. The summed E-state index contributed by atoms with van der Waals surface area (Å²) in [6, 6.07) is 2.13. The van der Waals surface area contributed by atoms with Gasteiger partial charge in [-0.3, -0.25) is 0 Å². The van der Waals surface area contributed by atoms with Crippen molar-refractivity contribution in [1.82, 2.24) is 4.98 Å². The van der Waals surface area contributed by atoms with E-state index in [1.165, 1.54) is 24.8 Å². The summed E-state index contributed by atoms with van der Waals surface area (Å²) in [5.41, 5.74) is 8.15. The van der Waals surface area contributed by atoms with Gasteiger partial charge in [0.1, 0.15) is 5.82 Å². The van der Waals surface area contributed by atoms with Crippen LogP contribution >= 0.6 is 15.9 Å². The number of anilines is 1. The van der Waals surface area contributed by atoms with E-state index in [4.69, 9.17) is 5.73 Å². The van der Waals surface area contributed by atoms with Gasteiger partial charge in [-0.2, -0.15) is 0 Å². The first kappa shape index (κ1) is 9.00. The molecule has 0 aliphatic heterocycles. The van der Waals surface area contributed by atoms with Gasteiger partial charge in [-0.15, -0.1) is 0 Å². The molecule has 1 saturated carbocycles. The first-order valence-corrected chi connectivity index (χ1v) is 5.40. The molecule has 0 atom stereocenters. The first-order chi connectivity index (χ1) is 6.18. The Labute approximate surface area is 86.7 Å². The Bertz CT molecular complexity index is 332. The molecule has 0 bridgehead atoms. The molecule has 13 heavy (non-hydrogen) atoms. The third kappa shape index (κ3) is 1.57. The van der Waals surface area contributed by atoms with E-state index in [1.54, 1.807) is 0 Å². The fourth-order valence-electron chi connectivity index (χ4n) is 1.75. The average molecular weight is 241 g/mol. The third-order valence-corrected chi connectivity index (χ3v) is 3.41. The minimum atomic E-state index is 0.598. The van der Waals surface area contributed by atoms with Gasteiger partial charge in [0, 0.05) is 5.69 Å². The topological polar surface area (TPSA) is 38.9 Å². The van der Waals surface area contributed by atoms with Gasteiger partial charge in [0.25, 0.3) is 0 Å². The minimum absolute atomic E-state index is 0.598. The van der Waals surface area contributed by atoms with Crippen molar-refractivity contribution >= 4 is 21.7 Å². The van der Waals surface area contributed by atoms with Gasteiger partial charge in [0.05, 0.1) is 4.47 Å². The Morgan fingerprint density at radius 1 is 1.54 bits per heavy atom. The van der Waals surface area contributed by atoms with Crippen molar-refractivity contribution in [2.75, 3.05) is 5.73 Å². The summed E-state index contributed by atoms with van der Waals surface area (Å²) in [6.07, 6.45) is 3.96. The maximum Gasteiger partial charge on any atom is 0.138 e. The SMILES string of the molecule is Cc1nc(N)c(Br)cc1C1CCC1. The van der Waals surface area contributed by atoms with Crippen LogP contribution in [-0.2, 0) is 0 Å². The highest BCUT2D eigenvalue weighted by molar-refractivity contribution is 9.10. The van der Waals surface area contributed by atoms with E-state index >= 15 is 0 Å². The van der Waals surface area contributed by atoms with Crippen molar-refractivity contribution in [3.8, 4) is 0 Å². The number of pyridine rings is 1. The van der Waals surface area contributed by atoms with Crippen molar-refractivity contribution in [2.24, 2.45) is 0 Å². The van der Waals surface area contributed by atoms with E-state index in [9.17, 15) is 0 Å². The molecular weight excluding hydrogens is 228 g/mol. The highest BCUT2D eigenvalue weighted by Gasteiger charge is 2.22. The summed E-state index contributed by atoms with van der Waals surface area (Å²) in [6.45, 7) is 2.04. The van der Waals surface area contributed by atoms with Crippen LogP contribution in [0.4, 0.5) is 5.82 Å². The fraction of sp³-hybridized carbons (Fsp3) is 0.500.